The van der Waals surface area contributed by atoms with Crippen LogP contribution in [0.5, 0.6) is 0 Å². The summed E-state index contributed by atoms with van der Waals surface area (Å²) >= 11 is 5.86. The second-order valence-electron chi connectivity index (χ2n) is 3.30. The molecule has 0 spiro atoms. The fourth-order valence-electron chi connectivity index (χ4n) is 0.612. The zero-order valence-electron chi connectivity index (χ0n) is 6.83. The first-order valence-electron chi connectivity index (χ1n) is 3.16. The number of hydrogen-bond donors (Lipinski definition) is 0. The van der Waals surface area contributed by atoms with Crippen molar-refractivity contribution in [1.29, 1.82) is 5.26 Å². The Kier molecular flexibility index (Phi) is 2.93. The van der Waals surface area contributed by atoms with Crippen LogP contribution in [0.4, 0.5) is 0 Å². The van der Waals surface area contributed by atoms with E-state index in [0.29, 0.717) is 10.6 Å². The maximum absolute atomic E-state index is 8.48. The molecule has 0 N–H and O–H groups in total. The molecule has 0 heterocycles. The topological polar surface area (TPSA) is 23.8 Å². The number of nitrogens with zero attached hydrogens (tertiary/aromatic N) is 1. The van der Waals surface area contributed by atoms with Gasteiger partial charge in [-0.2, -0.15) is 5.26 Å². The van der Waals surface area contributed by atoms with Gasteiger partial charge in [0.1, 0.15) is 0 Å². The highest BCUT2D eigenvalue weighted by Crippen LogP contribution is 2.30. The molecule has 0 radical (unpaired) electrons. The summed E-state index contributed by atoms with van der Waals surface area (Å²) in [5, 5.41) is 9.12. The Morgan fingerprint density at radius 2 is 1.80 bits per heavy atom. The number of hydrogen-bond acceptors (Lipinski definition) is 1. The largest absolute Gasteiger partial charge is 0.193 e. The number of rotatable bonds is 0. The third kappa shape index (κ3) is 2.41. The van der Waals surface area contributed by atoms with Crippen LogP contribution in [0.3, 0.4) is 0 Å². The van der Waals surface area contributed by atoms with Crippen LogP contribution in [0.25, 0.3) is 0 Å². The van der Waals surface area contributed by atoms with E-state index in [1.165, 1.54) is 0 Å². The molecule has 0 aromatic carbocycles. The van der Waals surface area contributed by atoms with Gasteiger partial charge in [-0.05, 0) is 12.3 Å². The van der Waals surface area contributed by atoms with Crippen molar-refractivity contribution in [3.05, 3.63) is 10.6 Å². The summed E-state index contributed by atoms with van der Waals surface area (Å²) in [5.41, 5.74) is 0.510. The van der Waals surface area contributed by atoms with Crippen LogP contribution in [-0.2, 0) is 0 Å². The Bertz CT molecular complexity index is 190. The molecule has 0 rings (SSSR count). The number of nitriles is 1. The summed E-state index contributed by atoms with van der Waals surface area (Å²) in [6.07, 6.45) is 0. The summed E-state index contributed by atoms with van der Waals surface area (Å²) in [6.45, 7) is 7.68. The summed E-state index contributed by atoms with van der Waals surface area (Å²) in [7, 11) is 0. The number of allylic oxidation sites excluding steroid dienone is 2. The molecule has 1 nitrogen and oxygen atoms in total. The average Bonchev–Trinajstić information content (AvgIpc) is 1.83. The molecular formula is C8H12ClN. The van der Waals surface area contributed by atoms with Gasteiger partial charge in [-0.25, -0.2) is 0 Å². The van der Waals surface area contributed by atoms with Crippen LogP contribution in [0.2, 0.25) is 0 Å². The molecule has 0 aromatic heterocycles. The van der Waals surface area contributed by atoms with Crippen molar-refractivity contribution in [2.45, 2.75) is 27.7 Å². The summed E-state index contributed by atoms with van der Waals surface area (Å²) in [5.74, 6) is 0. The van der Waals surface area contributed by atoms with E-state index < -0.39 is 0 Å². The third-order valence-electron chi connectivity index (χ3n) is 1.16. The molecule has 0 aliphatic carbocycles. The first-order chi connectivity index (χ1) is 4.39. The van der Waals surface area contributed by atoms with Gasteiger partial charge >= 0.3 is 0 Å². The Labute approximate surface area is 67.3 Å². The first kappa shape index (κ1) is 9.52. The lowest BCUT2D eigenvalue weighted by molar-refractivity contribution is 0.527. The van der Waals surface area contributed by atoms with E-state index >= 15 is 0 Å². The van der Waals surface area contributed by atoms with E-state index in [0.717, 1.165) is 0 Å². The van der Waals surface area contributed by atoms with Gasteiger partial charge in [0, 0.05) is 10.6 Å². The summed E-state index contributed by atoms with van der Waals surface area (Å²) in [6, 6.07) is 2.02. The molecule has 0 amide bonds. The van der Waals surface area contributed by atoms with Gasteiger partial charge in [0.2, 0.25) is 0 Å². The minimum Gasteiger partial charge on any atom is -0.193 e. The molecule has 0 aliphatic rings. The molecule has 10 heavy (non-hydrogen) atoms. The van der Waals surface area contributed by atoms with Gasteiger partial charge in [-0.1, -0.05) is 32.4 Å². The highest BCUT2D eigenvalue weighted by atomic mass is 35.5. The molecule has 0 bridgehead atoms. The Morgan fingerprint density at radius 3 is 1.90 bits per heavy atom. The van der Waals surface area contributed by atoms with Crippen molar-refractivity contribution >= 4 is 11.6 Å². The molecule has 0 saturated heterocycles. The molecule has 0 saturated carbocycles. The molecule has 0 fully saturated rings. The zero-order valence-corrected chi connectivity index (χ0v) is 7.58. The fourth-order valence-corrected chi connectivity index (χ4v) is 0.654. The van der Waals surface area contributed by atoms with E-state index in [9.17, 15) is 0 Å². The van der Waals surface area contributed by atoms with E-state index in [-0.39, 0.29) is 5.41 Å². The predicted octanol–water partition coefficient (Wildman–Crippen LogP) is 3.07. The normalized spacial score (nSPS) is 14.0. The van der Waals surface area contributed by atoms with Gasteiger partial charge in [0.25, 0.3) is 0 Å². The lowest BCUT2D eigenvalue weighted by Crippen LogP contribution is -2.06. The van der Waals surface area contributed by atoms with E-state index in [1.807, 2.05) is 26.8 Å². The van der Waals surface area contributed by atoms with Gasteiger partial charge < -0.3 is 0 Å². The minimum atomic E-state index is -0.0959. The maximum atomic E-state index is 8.48. The molecule has 56 valence electrons. The first-order valence-corrected chi connectivity index (χ1v) is 3.54. The standard InChI is InChI=1S/C8H12ClN/c1-6(5-10)7(9)8(2,3)4/h1-4H3/b7-6-. The highest BCUT2D eigenvalue weighted by molar-refractivity contribution is 6.30. The SMILES string of the molecule is C/C(C#N)=C(/Cl)C(C)(C)C. The van der Waals surface area contributed by atoms with E-state index in [2.05, 4.69) is 0 Å². The smallest absolute Gasteiger partial charge is 0.0956 e. The van der Waals surface area contributed by atoms with Crippen LogP contribution in [0.15, 0.2) is 10.6 Å². The third-order valence-corrected chi connectivity index (χ3v) is 2.01. The molecular weight excluding hydrogens is 146 g/mol. The number of halogens is 1. The van der Waals surface area contributed by atoms with Crippen molar-refractivity contribution < 1.29 is 0 Å². The fraction of sp³-hybridized carbons (Fsp3) is 0.625. The highest BCUT2D eigenvalue weighted by Gasteiger charge is 2.16. The molecule has 2 heteroatoms. The average molecular weight is 158 g/mol. The van der Waals surface area contributed by atoms with Crippen LogP contribution in [-0.4, -0.2) is 0 Å². The van der Waals surface area contributed by atoms with Crippen molar-refractivity contribution in [1.82, 2.24) is 0 Å². The molecule has 0 aliphatic heterocycles. The Morgan fingerprint density at radius 1 is 1.40 bits per heavy atom. The molecule has 0 atom stereocenters. The second kappa shape index (κ2) is 3.07. The van der Waals surface area contributed by atoms with Crippen molar-refractivity contribution in [3.8, 4) is 6.07 Å². The van der Waals surface area contributed by atoms with Crippen molar-refractivity contribution in [2.75, 3.05) is 0 Å². The Balaban J connectivity index is 4.69. The monoisotopic (exact) mass is 157 g/mol. The van der Waals surface area contributed by atoms with Crippen LogP contribution in [0, 0.1) is 16.7 Å². The predicted molar refractivity (Wildman–Crippen MR) is 43.6 cm³/mol. The zero-order chi connectivity index (χ0) is 8.36. The minimum absolute atomic E-state index is 0.0959. The molecule has 0 aromatic rings. The van der Waals surface area contributed by atoms with Gasteiger partial charge in [0.15, 0.2) is 0 Å². The van der Waals surface area contributed by atoms with E-state index in [1.54, 1.807) is 6.92 Å². The van der Waals surface area contributed by atoms with Gasteiger partial charge in [-0.3, -0.25) is 0 Å². The van der Waals surface area contributed by atoms with E-state index in [4.69, 9.17) is 16.9 Å². The van der Waals surface area contributed by atoms with Gasteiger partial charge in [0.05, 0.1) is 6.07 Å². The summed E-state index contributed by atoms with van der Waals surface area (Å²) in [4.78, 5) is 0. The second-order valence-corrected chi connectivity index (χ2v) is 3.68. The van der Waals surface area contributed by atoms with Gasteiger partial charge in [-0.15, -0.1) is 0 Å². The van der Waals surface area contributed by atoms with Crippen LogP contribution < -0.4 is 0 Å². The van der Waals surface area contributed by atoms with Crippen LogP contribution >= 0.6 is 11.6 Å². The molecule has 0 unspecified atom stereocenters. The Hall–Kier alpha value is -0.480. The summed E-state index contributed by atoms with van der Waals surface area (Å²) < 4.78 is 0. The maximum Gasteiger partial charge on any atom is 0.0956 e. The lowest BCUT2D eigenvalue weighted by atomic mass is 9.94. The quantitative estimate of drug-likeness (QED) is 0.496. The van der Waals surface area contributed by atoms with Crippen molar-refractivity contribution in [3.63, 3.8) is 0 Å². The van der Waals surface area contributed by atoms with Crippen molar-refractivity contribution in [2.24, 2.45) is 5.41 Å². The van der Waals surface area contributed by atoms with Crippen LogP contribution in [0.1, 0.15) is 27.7 Å². The lowest BCUT2D eigenvalue weighted by Gasteiger charge is -2.17.